The third-order valence-corrected chi connectivity index (χ3v) is 16.0. The van der Waals surface area contributed by atoms with Crippen molar-refractivity contribution < 1.29 is 0 Å². The number of rotatable bonds is 2. The van der Waals surface area contributed by atoms with E-state index in [1.54, 1.807) is 0 Å². The van der Waals surface area contributed by atoms with Crippen molar-refractivity contribution in [3.63, 3.8) is 0 Å². The molecule has 2 aliphatic heterocycles. The van der Waals surface area contributed by atoms with E-state index < -0.39 is 0 Å². The molecule has 0 spiro atoms. The van der Waals surface area contributed by atoms with Crippen molar-refractivity contribution in [2.45, 2.75) is 157 Å². The van der Waals surface area contributed by atoms with Gasteiger partial charge in [0.05, 0.1) is 22.1 Å². The Kier molecular flexibility index (Phi) is 9.80. The minimum atomic E-state index is -0.0944. The van der Waals surface area contributed by atoms with Gasteiger partial charge >= 0.3 is 6.85 Å². The molecule has 3 nitrogen and oxygen atoms in total. The van der Waals surface area contributed by atoms with E-state index in [4.69, 9.17) is 0 Å². The molecule has 356 valence electrons. The van der Waals surface area contributed by atoms with E-state index in [0.717, 1.165) is 0 Å². The molecule has 0 amide bonds. The van der Waals surface area contributed by atoms with Crippen LogP contribution in [0.5, 0.6) is 0 Å². The van der Waals surface area contributed by atoms with Gasteiger partial charge in [-0.15, -0.1) is 0 Å². The van der Waals surface area contributed by atoms with Gasteiger partial charge in [0, 0.05) is 49.9 Å². The van der Waals surface area contributed by atoms with Crippen molar-refractivity contribution in [2.75, 3.05) is 4.81 Å². The predicted molar refractivity (Wildman–Crippen MR) is 306 cm³/mol. The van der Waals surface area contributed by atoms with Gasteiger partial charge in [0.25, 0.3) is 0 Å². The lowest BCUT2D eigenvalue weighted by Crippen LogP contribution is -2.61. The molecule has 0 bridgehead atoms. The van der Waals surface area contributed by atoms with E-state index >= 15 is 0 Å². The van der Waals surface area contributed by atoms with Gasteiger partial charge in [0.1, 0.15) is 0 Å². The largest absolute Gasteiger partial charge is 0.376 e. The summed E-state index contributed by atoms with van der Waals surface area (Å²) in [6.45, 7) is 42.1. The van der Waals surface area contributed by atoms with Crippen LogP contribution >= 0.6 is 0 Å². The fourth-order valence-electron chi connectivity index (χ4n) is 11.6. The van der Waals surface area contributed by atoms with Gasteiger partial charge in [-0.2, -0.15) is 0 Å². The van der Waals surface area contributed by atoms with Crippen LogP contribution in [-0.4, -0.2) is 16.0 Å². The first-order chi connectivity index (χ1) is 32.5. The topological polar surface area (TPSA) is 13.1 Å². The van der Waals surface area contributed by atoms with E-state index in [9.17, 15) is 0 Å². The molecule has 0 aliphatic carbocycles. The number of hydrogen-bond acceptors (Lipinski definition) is 1. The van der Waals surface area contributed by atoms with Crippen LogP contribution in [-0.2, 0) is 32.5 Å². The standard InChI is InChI=1S/C66H74BN3/c1-61(2,3)39-19-25-45(26-20-39)68-54-29-23-41(63(7,8)9)31-47(54)49-37-57-50(38-56(49)68)52-34-43(65(13,14)15)35-53-60(52)69(57)58-36-44(66(16,17)18)33-51-48-32-42(64(10,11)12)24-30-55(48)70(67(53)59(51)58)46-27-21-40(22-28-46)62(4,5)6/h19-38H,1-18H3. The Morgan fingerprint density at radius 2 is 0.743 bits per heavy atom. The van der Waals surface area contributed by atoms with Crippen LogP contribution in [0.25, 0.3) is 66.1 Å². The molecular weight excluding hydrogens is 846 g/mol. The van der Waals surface area contributed by atoms with Crippen molar-refractivity contribution in [2.24, 2.45) is 0 Å². The molecule has 70 heavy (non-hydrogen) atoms. The summed E-state index contributed by atoms with van der Waals surface area (Å²) < 4.78 is 5.23. The summed E-state index contributed by atoms with van der Waals surface area (Å²) in [6.07, 6.45) is 0. The average molecular weight is 920 g/mol. The smallest absolute Gasteiger partial charge is 0.333 e. The second-order valence-corrected chi connectivity index (χ2v) is 27.3. The minimum Gasteiger partial charge on any atom is -0.376 e. The summed E-state index contributed by atoms with van der Waals surface area (Å²) in [5.74, 6) is 0. The Morgan fingerprint density at radius 1 is 0.314 bits per heavy atom. The van der Waals surface area contributed by atoms with Gasteiger partial charge in [-0.25, -0.2) is 0 Å². The number of aromatic nitrogens is 2. The van der Waals surface area contributed by atoms with Crippen LogP contribution in [0, 0.1) is 0 Å². The van der Waals surface area contributed by atoms with Gasteiger partial charge in [-0.05, 0) is 155 Å². The quantitative estimate of drug-likeness (QED) is 0.158. The predicted octanol–water partition coefficient (Wildman–Crippen LogP) is 16.9. The Morgan fingerprint density at radius 3 is 1.30 bits per heavy atom. The number of benzene rings is 7. The van der Waals surface area contributed by atoms with Crippen molar-refractivity contribution in [1.29, 1.82) is 0 Å². The molecule has 4 heterocycles. The van der Waals surface area contributed by atoms with Gasteiger partial charge in [0.2, 0.25) is 0 Å². The van der Waals surface area contributed by atoms with Crippen molar-refractivity contribution in [1.82, 2.24) is 9.13 Å². The maximum absolute atomic E-state index is 2.70. The van der Waals surface area contributed by atoms with E-state index in [-0.39, 0.29) is 39.3 Å². The summed E-state index contributed by atoms with van der Waals surface area (Å²) in [6, 6.07) is 48.8. The van der Waals surface area contributed by atoms with Crippen LogP contribution in [0.4, 0.5) is 11.4 Å². The van der Waals surface area contributed by atoms with Crippen molar-refractivity contribution >= 4 is 72.8 Å². The van der Waals surface area contributed by atoms with E-state index in [0.29, 0.717) is 0 Å². The normalized spacial score (nSPS) is 14.4. The molecule has 0 saturated carbocycles. The molecule has 4 heteroatoms. The van der Waals surface area contributed by atoms with Gasteiger partial charge in [-0.1, -0.05) is 173 Å². The molecular formula is C66H74BN3. The first kappa shape index (κ1) is 46.4. The molecule has 0 radical (unpaired) electrons. The maximum atomic E-state index is 2.70. The van der Waals surface area contributed by atoms with Crippen LogP contribution in [0.3, 0.4) is 0 Å². The highest BCUT2D eigenvalue weighted by Gasteiger charge is 2.45. The lowest BCUT2D eigenvalue weighted by molar-refractivity contribution is 0.589. The lowest BCUT2D eigenvalue weighted by Gasteiger charge is -2.43. The van der Waals surface area contributed by atoms with E-state index in [2.05, 4.69) is 260 Å². The Hall–Kier alpha value is -6.00. The second-order valence-electron chi connectivity index (χ2n) is 27.3. The molecule has 0 N–H and O–H groups in total. The monoisotopic (exact) mass is 920 g/mol. The molecule has 11 rings (SSSR count). The van der Waals surface area contributed by atoms with Crippen LogP contribution in [0.2, 0.25) is 0 Å². The molecule has 9 aromatic rings. The van der Waals surface area contributed by atoms with Crippen LogP contribution < -0.4 is 15.7 Å². The summed E-state index contributed by atoms with van der Waals surface area (Å²) >= 11 is 0. The second kappa shape index (κ2) is 14.8. The number of anilines is 2. The number of nitrogens with zero attached hydrogens (tertiary/aromatic N) is 3. The van der Waals surface area contributed by atoms with E-state index in [1.165, 1.54) is 122 Å². The molecule has 0 saturated heterocycles. The molecule has 2 aliphatic rings. The van der Waals surface area contributed by atoms with Gasteiger partial charge in [-0.3, -0.25) is 0 Å². The zero-order valence-corrected chi connectivity index (χ0v) is 45.5. The SMILES string of the molecule is CC(C)(C)c1ccc(N2B3c4c(cc(C(C)(C)C)cc4-n4c5cc6c7cc(C(C)(C)C)ccc7n(-c7ccc(C(C)(C)C)cc7)c6cc5c5cc(C(C)(C)C)cc3c54)-c3cc(C(C)(C)C)ccc32)cc1. The fourth-order valence-corrected chi connectivity index (χ4v) is 11.6. The molecule has 0 atom stereocenters. The molecule has 0 unspecified atom stereocenters. The number of hydrogen-bond donors (Lipinski definition) is 0. The highest BCUT2D eigenvalue weighted by atomic mass is 15.1. The van der Waals surface area contributed by atoms with Crippen molar-refractivity contribution in [3.8, 4) is 22.5 Å². The third kappa shape index (κ3) is 7.12. The molecule has 2 aromatic heterocycles. The Bertz CT molecular complexity index is 3620. The zero-order chi connectivity index (χ0) is 50.2. The van der Waals surface area contributed by atoms with Gasteiger partial charge < -0.3 is 13.9 Å². The van der Waals surface area contributed by atoms with E-state index in [1.807, 2.05) is 0 Å². The lowest BCUT2D eigenvalue weighted by atomic mass is 9.43. The van der Waals surface area contributed by atoms with Gasteiger partial charge in [0.15, 0.2) is 0 Å². The van der Waals surface area contributed by atoms with Crippen molar-refractivity contribution in [3.05, 3.63) is 155 Å². The van der Waals surface area contributed by atoms with Crippen LogP contribution in [0.1, 0.15) is 158 Å². The highest BCUT2D eigenvalue weighted by Crippen LogP contribution is 2.49. The average Bonchev–Trinajstić information content (AvgIpc) is 3.76. The number of fused-ring (bicyclic) bond motifs is 10. The third-order valence-electron chi connectivity index (χ3n) is 16.0. The van der Waals surface area contributed by atoms with Crippen LogP contribution in [0.15, 0.2) is 121 Å². The molecule has 7 aromatic carbocycles. The molecule has 0 fully saturated rings. The first-order valence-electron chi connectivity index (χ1n) is 26.0. The first-order valence-corrected chi connectivity index (χ1v) is 26.0. The highest BCUT2D eigenvalue weighted by molar-refractivity contribution is 6.93. The Labute approximate surface area is 419 Å². The summed E-state index contributed by atoms with van der Waals surface area (Å²) in [5.41, 5.74) is 23.5. The summed E-state index contributed by atoms with van der Waals surface area (Å²) in [4.78, 5) is 2.70. The fraction of sp³-hybridized carbons (Fsp3) is 0.364. The zero-order valence-electron chi connectivity index (χ0n) is 45.5. The minimum absolute atomic E-state index is 0.00137. The Balaban J connectivity index is 1.32. The maximum Gasteiger partial charge on any atom is 0.333 e. The summed E-state index contributed by atoms with van der Waals surface area (Å²) in [7, 11) is 0. The summed E-state index contributed by atoms with van der Waals surface area (Å²) in [5, 5.41) is 5.20.